The third kappa shape index (κ3) is 6.32. The molecule has 0 saturated carbocycles. The molecule has 0 radical (unpaired) electrons. The molecule has 0 amide bonds. The molecule has 0 saturated heterocycles. The average Bonchev–Trinajstić information content (AvgIpc) is 1.87. The SMILES string of the molecule is CCC[C@H](C)C[C@@H](O)CCO. The Labute approximate surface area is 69.2 Å². The molecule has 0 aromatic carbocycles. The van der Waals surface area contributed by atoms with Gasteiger partial charge in [-0.2, -0.15) is 0 Å². The van der Waals surface area contributed by atoms with E-state index in [1.165, 1.54) is 12.8 Å². The lowest BCUT2D eigenvalue weighted by molar-refractivity contribution is 0.109. The molecule has 0 heterocycles. The van der Waals surface area contributed by atoms with Crippen LogP contribution in [-0.4, -0.2) is 22.9 Å². The minimum absolute atomic E-state index is 0.0972. The third-order valence-electron chi connectivity index (χ3n) is 1.92. The molecule has 11 heavy (non-hydrogen) atoms. The zero-order valence-electron chi connectivity index (χ0n) is 7.58. The van der Waals surface area contributed by atoms with Crippen LogP contribution in [-0.2, 0) is 0 Å². The van der Waals surface area contributed by atoms with Crippen molar-refractivity contribution in [1.82, 2.24) is 0 Å². The second-order valence-electron chi connectivity index (χ2n) is 3.30. The highest BCUT2D eigenvalue weighted by Gasteiger charge is 2.08. The first-order chi connectivity index (χ1) is 5.20. The van der Waals surface area contributed by atoms with Crippen LogP contribution in [0, 0.1) is 5.92 Å². The standard InChI is InChI=1S/C9H20O2/c1-3-4-8(2)7-9(11)5-6-10/h8-11H,3-7H2,1-2H3/t8-,9-/m0/s1. The van der Waals surface area contributed by atoms with Gasteiger partial charge in [-0.15, -0.1) is 0 Å². The summed E-state index contributed by atoms with van der Waals surface area (Å²) in [6.45, 7) is 4.39. The molecule has 68 valence electrons. The van der Waals surface area contributed by atoms with E-state index in [0.717, 1.165) is 6.42 Å². The summed E-state index contributed by atoms with van der Waals surface area (Å²) in [5.74, 6) is 0.585. The molecule has 0 rings (SSSR count). The van der Waals surface area contributed by atoms with Gasteiger partial charge in [-0.25, -0.2) is 0 Å². The quantitative estimate of drug-likeness (QED) is 0.619. The Hall–Kier alpha value is -0.0800. The first-order valence-corrected chi connectivity index (χ1v) is 4.49. The fourth-order valence-corrected chi connectivity index (χ4v) is 1.34. The Morgan fingerprint density at radius 3 is 2.36 bits per heavy atom. The lowest BCUT2D eigenvalue weighted by Crippen LogP contribution is -2.13. The molecule has 0 bridgehead atoms. The Kier molecular flexibility index (Phi) is 6.57. The summed E-state index contributed by atoms with van der Waals surface area (Å²) >= 11 is 0. The van der Waals surface area contributed by atoms with Crippen LogP contribution < -0.4 is 0 Å². The maximum Gasteiger partial charge on any atom is 0.0564 e. The molecule has 2 nitrogen and oxygen atoms in total. The van der Waals surface area contributed by atoms with Crippen molar-refractivity contribution in [1.29, 1.82) is 0 Å². The number of aliphatic hydroxyl groups excluding tert-OH is 2. The molecular formula is C9H20O2. The van der Waals surface area contributed by atoms with Gasteiger partial charge < -0.3 is 10.2 Å². The van der Waals surface area contributed by atoms with Crippen LogP contribution in [0.15, 0.2) is 0 Å². The third-order valence-corrected chi connectivity index (χ3v) is 1.92. The van der Waals surface area contributed by atoms with Gasteiger partial charge in [0.2, 0.25) is 0 Å². The van der Waals surface area contributed by atoms with E-state index in [9.17, 15) is 5.11 Å². The Balaban J connectivity index is 3.32. The highest BCUT2D eigenvalue weighted by molar-refractivity contribution is 4.60. The predicted molar refractivity (Wildman–Crippen MR) is 46.4 cm³/mol. The fraction of sp³-hybridized carbons (Fsp3) is 1.00. The van der Waals surface area contributed by atoms with Crippen LogP contribution in [0.25, 0.3) is 0 Å². The second kappa shape index (κ2) is 6.62. The Bertz CT molecular complexity index is 73.6. The zero-order valence-corrected chi connectivity index (χ0v) is 7.58. The van der Waals surface area contributed by atoms with Crippen LogP contribution in [0.5, 0.6) is 0 Å². The summed E-state index contributed by atoms with van der Waals surface area (Å²) in [6, 6.07) is 0. The molecule has 0 spiro atoms. The Morgan fingerprint density at radius 1 is 1.27 bits per heavy atom. The molecule has 2 heteroatoms. The maximum atomic E-state index is 9.29. The summed E-state index contributed by atoms with van der Waals surface area (Å²) in [5.41, 5.74) is 0. The van der Waals surface area contributed by atoms with Gasteiger partial charge in [-0.1, -0.05) is 26.7 Å². The second-order valence-corrected chi connectivity index (χ2v) is 3.30. The average molecular weight is 160 g/mol. The van der Waals surface area contributed by atoms with Crippen LogP contribution in [0.1, 0.15) is 39.5 Å². The molecule has 2 atom stereocenters. The molecule has 0 aromatic heterocycles. The molecule has 0 aromatic rings. The van der Waals surface area contributed by atoms with Gasteiger partial charge in [0.05, 0.1) is 6.10 Å². The molecule has 0 aliphatic carbocycles. The van der Waals surface area contributed by atoms with Crippen LogP contribution >= 0.6 is 0 Å². The molecule has 0 unspecified atom stereocenters. The largest absolute Gasteiger partial charge is 0.396 e. The molecule has 2 N–H and O–H groups in total. The zero-order chi connectivity index (χ0) is 8.69. The van der Waals surface area contributed by atoms with E-state index >= 15 is 0 Å². The van der Waals surface area contributed by atoms with Crippen LogP contribution in [0.3, 0.4) is 0 Å². The molecule has 0 aliphatic heterocycles. The van der Waals surface area contributed by atoms with Gasteiger partial charge in [-0.05, 0) is 18.8 Å². The maximum absolute atomic E-state index is 9.29. The topological polar surface area (TPSA) is 40.5 Å². The minimum Gasteiger partial charge on any atom is -0.396 e. The molecule has 0 fully saturated rings. The lowest BCUT2D eigenvalue weighted by atomic mass is 9.97. The molecule has 0 aliphatic rings. The van der Waals surface area contributed by atoms with Crippen LogP contribution in [0.2, 0.25) is 0 Å². The van der Waals surface area contributed by atoms with E-state index in [1.807, 2.05) is 0 Å². The van der Waals surface area contributed by atoms with Crippen molar-refractivity contribution < 1.29 is 10.2 Å². The number of rotatable bonds is 6. The highest BCUT2D eigenvalue weighted by Crippen LogP contribution is 2.13. The van der Waals surface area contributed by atoms with Crippen molar-refractivity contribution in [3.8, 4) is 0 Å². The van der Waals surface area contributed by atoms with Gasteiger partial charge in [0, 0.05) is 6.61 Å². The van der Waals surface area contributed by atoms with Gasteiger partial charge >= 0.3 is 0 Å². The van der Waals surface area contributed by atoms with Gasteiger partial charge in [-0.3, -0.25) is 0 Å². The summed E-state index contributed by atoms with van der Waals surface area (Å²) < 4.78 is 0. The van der Waals surface area contributed by atoms with Crippen molar-refractivity contribution in [2.45, 2.75) is 45.6 Å². The normalized spacial score (nSPS) is 16.4. The predicted octanol–water partition coefficient (Wildman–Crippen LogP) is 1.56. The van der Waals surface area contributed by atoms with E-state index < -0.39 is 0 Å². The monoisotopic (exact) mass is 160 g/mol. The smallest absolute Gasteiger partial charge is 0.0564 e. The van der Waals surface area contributed by atoms with E-state index in [-0.39, 0.29) is 12.7 Å². The van der Waals surface area contributed by atoms with Crippen molar-refractivity contribution >= 4 is 0 Å². The minimum atomic E-state index is -0.304. The van der Waals surface area contributed by atoms with Gasteiger partial charge in [0.25, 0.3) is 0 Å². The fourth-order valence-electron chi connectivity index (χ4n) is 1.34. The number of hydrogen-bond donors (Lipinski definition) is 2. The van der Waals surface area contributed by atoms with E-state index in [0.29, 0.717) is 12.3 Å². The summed E-state index contributed by atoms with van der Waals surface area (Å²) in [6.07, 6.45) is 3.39. The van der Waals surface area contributed by atoms with Crippen LogP contribution in [0.4, 0.5) is 0 Å². The van der Waals surface area contributed by atoms with Crippen molar-refractivity contribution in [3.05, 3.63) is 0 Å². The summed E-state index contributed by atoms with van der Waals surface area (Å²) in [7, 11) is 0. The van der Waals surface area contributed by atoms with Gasteiger partial charge in [0.1, 0.15) is 0 Å². The first-order valence-electron chi connectivity index (χ1n) is 4.49. The van der Waals surface area contributed by atoms with Crippen molar-refractivity contribution in [3.63, 3.8) is 0 Å². The van der Waals surface area contributed by atoms with E-state index in [2.05, 4.69) is 13.8 Å². The molecular weight excluding hydrogens is 140 g/mol. The summed E-state index contributed by atoms with van der Waals surface area (Å²) in [4.78, 5) is 0. The van der Waals surface area contributed by atoms with Crippen molar-refractivity contribution in [2.24, 2.45) is 5.92 Å². The van der Waals surface area contributed by atoms with E-state index in [4.69, 9.17) is 5.11 Å². The lowest BCUT2D eigenvalue weighted by Gasteiger charge is -2.14. The number of hydrogen-bond acceptors (Lipinski definition) is 2. The first kappa shape index (κ1) is 10.9. The van der Waals surface area contributed by atoms with Gasteiger partial charge in [0.15, 0.2) is 0 Å². The van der Waals surface area contributed by atoms with Crippen molar-refractivity contribution in [2.75, 3.05) is 6.61 Å². The summed E-state index contributed by atoms with van der Waals surface area (Å²) in [5, 5.41) is 17.8. The Morgan fingerprint density at radius 2 is 1.91 bits per heavy atom. The highest BCUT2D eigenvalue weighted by atomic mass is 16.3. The van der Waals surface area contributed by atoms with E-state index in [1.54, 1.807) is 0 Å². The number of aliphatic hydroxyl groups is 2.